The van der Waals surface area contributed by atoms with Crippen LogP contribution in [-0.2, 0) is 13.1 Å². The molecular weight excluding hydrogens is 320 g/mol. The fourth-order valence-electron chi connectivity index (χ4n) is 2.74. The molecule has 0 amide bonds. The first-order valence-corrected chi connectivity index (χ1v) is 9.30. The van der Waals surface area contributed by atoms with Crippen LogP contribution in [0.2, 0.25) is 0 Å². The maximum absolute atomic E-state index is 4.37. The first kappa shape index (κ1) is 20.0. The lowest BCUT2D eigenvalue weighted by molar-refractivity contribution is 0.265. The summed E-state index contributed by atoms with van der Waals surface area (Å²) in [5.41, 5.74) is 3.90. The second-order valence-corrected chi connectivity index (χ2v) is 6.98. The molecule has 0 heterocycles. The maximum atomic E-state index is 4.37. The van der Waals surface area contributed by atoms with Crippen molar-refractivity contribution >= 4 is 5.96 Å². The Morgan fingerprint density at radius 3 is 2.19 bits per heavy atom. The van der Waals surface area contributed by atoms with Crippen molar-refractivity contribution in [3.63, 3.8) is 0 Å². The van der Waals surface area contributed by atoms with Gasteiger partial charge in [-0.3, -0.25) is 9.89 Å². The summed E-state index contributed by atoms with van der Waals surface area (Å²) in [6, 6.07) is 19.7. The zero-order valence-electron chi connectivity index (χ0n) is 16.7. The Morgan fingerprint density at radius 2 is 1.58 bits per heavy atom. The van der Waals surface area contributed by atoms with Gasteiger partial charge >= 0.3 is 0 Å². The molecule has 0 aliphatic carbocycles. The fraction of sp³-hybridized carbons (Fsp3) is 0.409. The van der Waals surface area contributed by atoms with Crippen molar-refractivity contribution in [2.45, 2.75) is 45.9 Å². The third kappa shape index (κ3) is 5.88. The number of hydrogen-bond donors (Lipinski definition) is 2. The van der Waals surface area contributed by atoms with Crippen LogP contribution in [0.3, 0.4) is 0 Å². The van der Waals surface area contributed by atoms with Gasteiger partial charge in [0.05, 0.1) is 6.04 Å². The number of guanidine groups is 1. The predicted molar refractivity (Wildman–Crippen MR) is 111 cm³/mol. The minimum Gasteiger partial charge on any atom is -0.352 e. The molecule has 1 atom stereocenters. The molecular formula is C22H32N4. The highest BCUT2D eigenvalue weighted by molar-refractivity contribution is 5.80. The molecule has 140 valence electrons. The zero-order chi connectivity index (χ0) is 18.9. The monoisotopic (exact) mass is 352 g/mol. The summed E-state index contributed by atoms with van der Waals surface area (Å²) in [4.78, 5) is 6.72. The standard InChI is InChI=1S/C22H32N4/c1-17(2)26(5)16-21-14-10-9-13-20(21)15-24-22(23-4)25-18(3)19-11-7-6-8-12-19/h6-14,17-18H,15-16H2,1-5H3,(H2,23,24,25). The van der Waals surface area contributed by atoms with Crippen LogP contribution >= 0.6 is 0 Å². The SMILES string of the molecule is CN=C(NCc1ccccc1CN(C)C(C)C)NC(C)c1ccccc1. The van der Waals surface area contributed by atoms with E-state index in [2.05, 4.69) is 96.9 Å². The molecule has 0 aliphatic rings. The van der Waals surface area contributed by atoms with Crippen LogP contribution in [0.5, 0.6) is 0 Å². The van der Waals surface area contributed by atoms with Gasteiger partial charge in [-0.1, -0.05) is 54.6 Å². The zero-order valence-corrected chi connectivity index (χ0v) is 16.7. The van der Waals surface area contributed by atoms with E-state index >= 15 is 0 Å². The molecule has 0 fully saturated rings. The van der Waals surface area contributed by atoms with E-state index in [1.165, 1.54) is 16.7 Å². The minimum absolute atomic E-state index is 0.199. The molecule has 0 saturated carbocycles. The van der Waals surface area contributed by atoms with E-state index in [0.29, 0.717) is 6.04 Å². The molecule has 0 aliphatic heterocycles. The third-order valence-electron chi connectivity index (χ3n) is 4.74. The van der Waals surface area contributed by atoms with Gasteiger partial charge in [0.25, 0.3) is 0 Å². The summed E-state index contributed by atoms with van der Waals surface area (Å²) >= 11 is 0. The molecule has 2 aromatic rings. The molecule has 4 heteroatoms. The van der Waals surface area contributed by atoms with Gasteiger partial charge in [0.1, 0.15) is 0 Å². The fourth-order valence-corrected chi connectivity index (χ4v) is 2.74. The second-order valence-electron chi connectivity index (χ2n) is 6.98. The Balaban J connectivity index is 1.98. The van der Waals surface area contributed by atoms with Crippen LogP contribution in [0.4, 0.5) is 0 Å². The highest BCUT2D eigenvalue weighted by Gasteiger charge is 2.10. The van der Waals surface area contributed by atoms with Crippen molar-refractivity contribution in [1.82, 2.24) is 15.5 Å². The summed E-state index contributed by atoms with van der Waals surface area (Å²) < 4.78 is 0. The Kier molecular flexibility index (Phi) is 7.67. The van der Waals surface area contributed by atoms with Gasteiger partial charge in [0, 0.05) is 26.2 Å². The van der Waals surface area contributed by atoms with Gasteiger partial charge in [0.2, 0.25) is 0 Å². The average Bonchev–Trinajstić information content (AvgIpc) is 2.66. The Labute approximate surface area is 158 Å². The van der Waals surface area contributed by atoms with Crippen molar-refractivity contribution in [3.05, 3.63) is 71.3 Å². The third-order valence-corrected chi connectivity index (χ3v) is 4.74. The second kappa shape index (κ2) is 9.97. The summed E-state index contributed by atoms with van der Waals surface area (Å²) in [6.45, 7) is 8.29. The van der Waals surface area contributed by atoms with Crippen LogP contribution in [-0.4, -0.2) is 31.0 Å². The Morgan fingerprint density at radius 1 is 0.962 bits per heavy atom. The largest absolute Gasteiger partial charge is 0.352 e. The lowest BCUT2D eigenvalue weighted by atomic mass is 10.1. The average molecular weight is 353 g/mol. The lowest BCUT2D eigenvalue weighted by Crippen LogP contribution is -2.38. The molecule has 2 rings (SSSR count). The molecule has 0 spiro atoms. The number of aliphatic imine (C=N–C) groups is 1. The summed E-state index contributed by atoms with van der Waals surface area (Å²) in [5.74, 6) is 0.813. The molecule has 2 aromatic carbocycles. The highest BCUT2D eigenvalue weighted by Crippen LogP contribution is 2.13. The first-order chi connectivity index (χ1) is 12.5. The summed E-state index contributed by atoms with van der Waals surface area (Å²) in [7, 11) is 3.97. The van der Waals surface area contributed by atoms with Crippen LogP contribution in [0.15, 0.2) is 59.6 Å². The number of nitrogens with zero attached hydrogens (tertiary/aromatic N) is 2. The minimum atomic E-state index is 0.199. The number of hydrogen-bond acceptors (Lipinski definition) is 2. The number of nitrogens with one attached hydrogen (secondary N) is 2. The van der Waals surface area contributed by atoms with E-state index in [1.54, 1.807) is 0 Å². The topological polar surface area (TPSA) is 39.7 Å². The number of rotatable bonds is 7. The van der Waals surface area contributed by atoms with E-state index in [-0.39, 0.29) is 6.04 Å². The van der Waals surface area contributed by atoms with Gasteiger partial charge in [-0.15, -0.1) is 0 Å². The van der Waals surface area contributed by atoms with Gasteiger partial charge < -0.3 is 10.6 Å². The molecule has 0 saturated heterocycles. The van der Waals surface area contributed by atoms with E-state index in [9.17, 15) is 0 Å². The quantitative estimate of drug-likeness (QED) is 0.585. The maximum Gasteiger partial charge on any atom is 0.191 e. The van der Waals surface area contributed by atoms with Crippen LogP contribution in [0.25, 0.3) is 0 Å². The van der Waals surface area contributed by atoms with Crippen molar-refractivity contribution in [2.24, 2.45) is 4.99 Å². The first-order valence-electron chi connectivity index (χ1n) is 9.30. The Hall–Kier alpha value is -2.33. The van der Waals surface area contributed by atoms with Crippen LogP contribution in [0.1, 0.15) is 43.5 Å². The normalized spacial score (nSPS) is 13.1. The molecule has 26 heavy (non-hydrogen) atoms. The molecule has 1 unspecified atom stereocenters. The smallest absolute Gasteiger partial charge is 0.191 e. The summed E-state index contributed by atoms with van der Waals surface area (Å²) in [6.07, 6.45) is 0. The van der Waals surface area contributed by atoms with Gasteiger partial charge in [-0.05, 0) is 44.5 Å². The van der Waals surface area contributed by atoms with Gasteiger partial charge in [-0.25, -0.2) is 0 Å². The lowest BCUT2D eigenvalue weighted by Gasteiger charge is -2.23. The van der Waals surface area contributed by atoms with E-state index in [4.69, 9.17) is 0 Å². The predicted octanol–water partition coefficient (Wildman–Crippen LogP) is 3.95. The Bertz CT molecular complexity index is 694. The molecule has 0 aromatic heterocycles. The van der Waals surface area contributed by atoms with E-state index in [1.807, 2.05) is 13.1 Å². The molecule has 0 bridgehead atoms. The van der Waals surface area contributed by atoms with Crippen LogP contribution in [0, 0.1) is 0 Å². The summed E-state index contributed by atoms with van der Waals surface area (Å²) in [5, 5.41) is 6.91. The highest BCUT2D eigenvalue weighted by atomic mass is 15.2. The molecule has 4 nitrogen and oxygen atoms in total. The van der Waals surface area contributed by atoms with Crippen molar-refractivity contribution in [1.29, 1.82) is 0 Å². The van der Waals surface area contributed by atoms with E-state index in [0.717, 1.165) is 19.0 Å². The van der Waals surface area contributed by atoms with Crippen LogP contribution < -0.4 is 10.6 Å². The number of benzene rings is 2. The van der Waals surface area contributed by atoms with Gasteiger partial charge in [-0.2, -0.15) is 0 Å². The molecule has 2 N–H and O–H groups in total. The van der Waals surface area contributed by atoms with Crippen molar-refractivity contribution in [3.8, 4) is 0 Å². The van der Waals surface area contributed by atoms with Crippen molar-refractivity contribution < 1.29 is 0 Å². The van der Waals surface area contributed by atoms with E-state index < -0.39 is 0 Å². The molecule has 0 radical (unpaired) electrons. The van der Waals surface area contributed by atoms with Gasteiger partial charge in [0.15, 0.2) is 5.96 Å². The van der Waals surface area contributed by atoms with Crippen molar-refractivity contribution in [2.75, 3.05) is 14.1 Å².